The monoisotopic (exact) mass is 449 g/mol. The molecule has 0 unspecified atom stereocenters. The van der Waals surface area contributed by atoms with Crippen LogP contribution in [0.15, 0.2) is 88.3 Å². The molecule has 29 heavy (non-hydrogen) atoms. The lowest BCUT2D eigenvalue weighted by atomic mass is 10.2. The molecule has 0 aliphatic rings. The normalized spacial score (nSPS) is 10.7. The van der Waals surface area contributed by atoms with Crippen LogP contribution in [0.25, 0.3) is 5.65 Å². The van der Waals surface area contributed by atoms with Crippen molar-refractivity contribution in [2.45, 2.75) is 6.61 Å². The number of rotatable bonds is 5. The summed E-state index contributed by atoms with van der Waals surface area (Å²) in [5, 5.41) is 2.84. The quantitative estimate of drug-likeness (QED) is 0.493. The minimum atomic E-state index is -0.194. The van der Waals surface area contributed by atoms with E-state index in [1.807, 2.05) is 18.2 Å². The van der Waals surface area contributed by atoms with Crippen molar-refractivity contribution in [2.24, 2.45) is 0 Å². The number of hydrogen-bond donors (Lipinski definition) is 1. The molecule has 0 atom stereocenters. The first-order valence-electron chi connectivity index (χ1n) is 8.85. The zero-order valence-electron chi connectivity index (χ0n) is 15.2. The summed E-state index contributed by atoms with van der Waals surface area (Å²) in [4.78, 5) is 28.8. The molecule has 144 valence electrons. The molecule has 7 heteroatoms. The molecule has 1 amide bonds. The van der Waals surface area contributed by atoms with Crippen molar-refractivity contribution in [3.8, 4) is 5.75 Å². The van der Waals surface area contributed by atoms with Crippen molar-refractivity contribution >= 4 is 33.2 Å². The van der Waals surface area contributed by atoms with E-state index in [1.165, 1.54) is 10.5 Å². The number of amides is 1. The van der Waals surface area contributed by atoms with Crippen molar-refractivity contribution in [2.75, 3.05) is 5.32 Å². The third-order valence-corrected chi connectivity index (χ3v) is 4.70. The third-order valence-electron chi connectivity index (χ3n) is 4.21. The number of aromatic nitrogens is 2. The van der Waals surface area contributed by atoms with E-state index in [0.29, 0.717) is 28.3 Å². The molecule has 0 bridgehead atoms. The molecule has 1 N–H and O–H groups in total. The number of ether oxygens (including phenoxy) is 1. The molecular formula is C22H16BrN3O3. The number of anilines is 1. The molecule has 2 aromatic carbocycles. The molecule has 4 rings (SSSR count). The molecule has 0 fully saturated rings. The minimum Gasteiger partial charge on any atom is -0.487 e. The summed E-state index contributed by atoms with van der Waals surface area (Å²) in [5.41, 5.74) is 2.19. The van der Waals surface area contributed by atoms with Crippen LogP contribution < -0.4 is 15.6 Å². The van der Waals surface area contributed by atoms with Gasteiger partial charge >= 0.3 is 0 Å². The largest absolute Gasteiger partial charge is 0.487 e. The topological polar surface area (TPSA) is 72.7 Å². The average Bonchev–Trinajstić information content (AvgIpc) is 2.73. The molecular weight excluding hydrogens is 434 g/mol. The van der Waals surface area contributed by atoms with Gasteiger partial charge in [0.1, 0.15) is 18.0 Å². The van der Waals surface area contributed by atoms with E-state index >= 15 is 0 Å². The molecule has 0 saturated heterocycles. The Morgan fingerprint density at radius 1 is 1.03 bits per heavy atom. The molecule has 4 aromatic rings. The van der Waals surface area contributed by atoms with Crippen LogP contribution in [0.1, 0.15) is 16.1 Å². The van der Waals surface area contributed by atoms with Crippen LogP contribution in [0, 0.1) is 0 Å². The van der Waals surface area contributed by atoms with E-state index < -0.39 is 0 Å². The number of benzene rings is 2. The second-order valence-corrected chi connectivity index (χ2v) is 7.21. The Kier molecular flexibility index (Phi) is 5.39. The van der Waals surface area contributed by atoms with Gasteiger partial charge in [0.25, 0.3) is 11.5 Å². The molecule has 6 nitrogen and oxygen atoms in total. The predicted octanol–water partition coefficient (Wildman–Crippen LogP) is 4.29. The number of nitrogens with one attached hydrogen (secondary N) is 1. The summed E-state index contributed by atoms with van der Waals surface area (Å²) in [6.45, 7) is 0.171. The van der Waals surface area contributed by atoms with Gasteiger partial charge in [-0.05, 0) is 54.6 Å². The summed E-state index contributed by atoms with van der Waals surface area (Å²) < 4.78 is 8.05. The van der Waals surface area contributed by atoms with Gasteiger partial charge in [-0.15, -0.1) is 0 Å². The molecule has 2 heterocycles. The van der Waals surface area contributed by atoms with Crippen LogP contribution in [0.5, 0.6) is 5.75 Å². The SMILES string of the molecule is O=C(Nc1ccc(OCc2cc(=O)n3ccccc3n2)cc1)c1cccc(Br)c1. The van der Waals surface area contributed by atoms with Gasteiger partial charge < -0.3 is 10.1 Å². The number of carbonyl (C=O) groups is 1. The van der Waals surface area contributed by atoms with Crippen LogP contribution in [-0.4, -0.2) is 15.3 Å². The Hall–Kier alpha value is -3.45. The predicted molar refractivity (Wildman–Crippen MR) is 114 cm³/mol. The summed E-state index contributed by atoms with van der Waals surface area (Å²) >= 11 is 3.36. The molecule has 2 aromatic heterocycles. The Bertz CT molecular complexity index is 1240. The first-order valence-corrected chi connectivity index (χ1v) is 9.65. The Morgan fingerprint density at radius 2 is 1.86 bits per heavy atom. The highest BCUT2D eigenvalue weighted by atomic mass is 79.9. The second-order valence-electron chi connectivity index (χ2n) is 6.29. The van der Waals surface area contributed by atoms with E-state index in [9.17, 15) is 9.59 Å². The summed E-state index contributed by atoms with van der Waals surface area (Å²) in [6.07, 6.45) is 1.68. The van der Waals surface area contributed by atoms with Gasteiger partial charge in [0.2, 0.25) is 0 Å². The van der Waals surface area contributed by atoms with Crippen LogP contribution in [0.4, 0.5) is 5.69 Å². The van der Waals surface area contributed by atoms with Gasteiger partial charge in [0.05, 0.1) is 5.69 Å². The molecule has 0 radical (unpaired) electrons. The number of carbonyl (C=O) groups excluding carboxylic acids is 1. The first kappa shape index (κ1) is 18.9. The molecule has 0 spiro atoms. The fourth-order valence-corrected chi connectivity index (χ4v) is 3.20. The maximum atomic E-state index is 12.3. The number of hydrogen-bond acceptors (Lipinski definition) is 4. The van der Waals surface area contributed by atoms with E-state index in [-0.39, 0.29) is 18.1 Å². The van der Waals surface area contributed by atoms with Gasteiger partial charge in [-0.3, -0.25) is 14.0 Å². The van der Waals surface area contributed by atoms with Gasteiger partial charge in [-0.1, -0.05) is 28.1 Å². The number of halogens is 1. The first-order chi connectivity index (χ1) is 14.1. The van der Waals surface area contributed by atoms with Crippen LogP contribution in [0.3, 0.4) is 0 Å². The van der Waals surface area contributed by atoms with Gasteiger partial charge in [0, 0.05) is 28.0 Å². The van der Waals surface area contributed by atoms with E-state index in [2.05, 4.69) is 26.2 Å². The molecule has 0 aliphatic heterocycles. The standard InChI is InChI=1S/C22H16BrN3O3/c23-16-5-3-4-15(12-16)22(28)25-17-7-9-19(10-8-17)29-14-18-13-21(27)26-11-2-1-6-20(26)24-18/h1-13H,14H2,(H,25,28). The smallest absolute Gasteiger partial charge is 0.258 e. The maximum absolute atomic E-state index is 12.3. The Balaban J connectivity index is 1.41. The highest BCUT2D eigenvalue weighted by molar-refractivity contribution is 9.10. The summed E-state index contributed by atoms with van der Waals surface area (Å²) in [7, 11) is 0. The van der Waals surface area contributed by atoms with Crippen molar-refractivity contribution in [1.29, 1.82) is 0 Å². The van der Waals surface area contributed by atoms with Crippen LogP contribution in [-0.2, 0) is 6.61 Å². The third kappa shape index (κ3) is 4.52. The lowest BCUT2D eigenvalue weighted by Crippen LogP contribution is -2.16. The molecule has 0 saturated carbocycles. The zero-order chi connectivity index (χ0) is 20.2. The van der Waals surface area contributed by atoms with Crippen molar-refractivity contribution in [3.63, 3.8) is 0 Å². The van der Waals surface area contributed by atoms with E-state index in [4.69, 9.17) is 4.74 Å². The van der Waals surface area contributed by atoms with Gasteiger partial charge in [-0.25, -0.2) is 4.98 Å². The lowest BCUT2D eigenvalue weighted by molar-refractivity contribution is 0.102. The second kappa shape index (κ2) is 8.28. The van der Waals surface area contributed by atoms with Crippen molar-refractivity contribution < 1.29 is 9.53 Å². The fraction of sp³-hybridized carbons (Fsp3) is 0.0455. The minimum absolute atomic E-state index is 0.153. The number of nitrogens with zero attached hydrogens (tertiary/aromatic N) is 2. The molecule has 0 aliphatic carbocycles. The van der Waals surface area contributed by atoms with Gasteiger partial charge in [-0.2, -0.15) is 0 Å². The fourth-order valence-electron chi connectivity index (χ4n) is 2.80. The lowest BCUT2D eigenvalue weighted by Gasteiger charge is -2.09. The highest BCUT2D eigenvalue weighted by Gasteiger charge is 2.07. The maximum Gasteiger partial charge on any atom is 0.258 e. The summed E-state index contributed by atoms with van der Waals surface area (Å²) in [5.74, 6) is 0.418. The Labute approximate surface area is 174 Å². The van der Waals surface area contributed by atoms with Crippen molar-refractivity contribution in [1.82, 2.24) is 9.38 Å². The highest BCUT2D eigenvalue weighted by Crippen LogP contribution is 2.18. The van der Waals surface area contributed by atoms with Crippen molar-refractivity contribution in [3.05, 3.63) is 105 Å². The zero-order valence-corrected chi connectivity index (χ0v) is 16.8. The average molecular weight is 450 g/mol. The van der Waals surface area contributed by atoms with E-state index in [1.54, 1.807) is 54.7 Å². The number of pyridine rings is 1. The van der Waals surface area contributed by atoms with Crippen LogP contribution in [0.2, 0.25) is 0 Å². The van der Waals surface area contributed by atoms with Crippen LogP contribution >= 0.6 is 15.9 Å². The Morgan fingerprint density at radius 3 is 2.66 bits per heavy atom. The van der Waals surface area contributed by atoms with Gasteiger partial charge in [0.15, 0.2) is 0 Å². The van der Waals surface area contributed by atoms with E-state index in [0.717, 1.165) is 4.47 Å². The number of fused-ring (bicyclic) bond motifs is 1. The summed E-state index contributed by atoms with van der Waals surface area (Å²) in [6, 6.07) is 21.0.